The number of carbonyl (C=O) groups excluding carboxylic acids is 1. The van der Waals surface area contributed by atoms with Crippen molar-refractivity contribution >= 4 is 29.1 Å². The highest BCUT2D eigenvalue weighted by Crippen LogP contribution is 2.25. The zero-order valence-electron chi connectivity index (χ0n) is 12.1. The number of benzene rings is 1. The zero-order chi connectivity index (χ0) is 16.3. The summed E-state index contributed by atoms with van der Waals surface area (Å²) in [6.07, 6.45) is 6.03. The van der Waals surface area contributed by atoms with Gasteiger partial charge >= 0.3 is 0 Å². The van der Waals surface area contributed by atoms with Crippen molar-refractivity contribution in [1.29, 1.82) is 0 Å². The summed E-state index contributed by atoms with van der Waals surface area (Å²) in [5, 5.41) is 15.0. The molecular formula is C15H14ClN3O3. The lowest BCUT2D eigenvalue weighted by Crippen LogP contribution is -2.00. The quantitative estimate of drug-likeness (QED) is 0.362. The summed E-state index contributed by atoms with van der Waals surface area (Å²) in [6, 6.07) is 4.53. The molecule has 0 bridgehead atoms. The third-order valence-corrected chi connectivity index (χ3v) is 3.33. The van der Waals surface area contributed by atoms with Gasteiger partial charge < -0.3 is 0 Å². The first-order chi connectivity index (χ1) is 10.4. The third kappa shape index (κ3) is 3.59. The summed E-state index contributed by atoms with van der Waals surface area (Å²) in [6.45, 7) is 3.92. The Bertz CT molecular complexity index is 750. The van der Waals surface area contributed by atoms with E-state index in [1.807, 2.05) is 13.8 Å². The van der Waals surface area contributed by atoms with Crippen LogP contribution in [0.4, 0.5) is 5.69 Å². The average molecular weight is 320 g/mol. The highest BCUT2D eigenvalue weighted by atomic mass is 35.5. The van der Waals surface area contributed by atoms with Gasteiger partial charge in [-0.25, -0.2) is 0 Å². The van der Waals surface area contributed by atoms with E-state index in [1.165, 1.54) is 30.5 Å². The molecule has 0 atom stereocenters. The van der Waals surface area contributed by atoms with E-state index in [0.717, 1.165) is 0 Å². The van der Waals surface area contributed by atoms with Crippen molar-refractivity contribution in [3.05, 3.63) is 62.9 Å². The van der Waals surface area contributed by atoms with Gasteiger partial charge in [-0.15, -0.1) is 0 Å². The molecule has 7 heteroatoms. The number of aromatic nitrogens is 2. The first kappa shape index (κ1) is 15.9. The molecule has 0 fully saturated rings. The summed E-state index contributed by atoms with van der Waals surface area (Å²) in [4.78, 5) is 22.3. The smallest absolute Gasteiger partial charge is 0.288 e. The number of rotatable bonds is 5. The number of allylic oxidation sites excluding steroid dienone is 1. The monoisotopic (exact) mass is 319 g/mol. The van der Waals surface area contributed by atoms with E-state index in [1.54, 1.807) is 16.9 Å². The standard InChI is InChI=1S/C15H14ClN3O3/c1-10(2)18-9-12(8-17-18)15(20)6-4-11-3-5-13(16)14(7-11)19(21)22/h3-10H,1-2H3. The molecular weight excluding hydrogens is 306 g/mol. The number of nitro benzene ring substituents is 1. The van der Waals surface area contributed by atoms with Crippen LogP contribution in [0.1, 0.15) is 35.8 Å². The van der Waals surface area contributed by atoms with Crippen LogP contribution >= 0.6 is 11.6 Å². The SMILES string of the molecule is CC(C)n1cc(C(=O)C=Cc2ccc(Cl)c([N+](=O)[O-])c2)cn1. The fourth-order valence-electron chi connectivity index (χ4n) is 1.79. The fourth-order valence-corrected chi connectivity index (χ4v) is 1.98. The van der Waals surface area contributed by atoms with E-state index in [9.17, 15) is 14.9 Å². The maximum atomic E-state index is 12.0. The summed E-state index contributed by atoms with van der Waals surface area (Å²) in [5.74, 6) is -0.218. The molecule has 1 heterocycles. The van der Waals surface area contributed by atoms with Crippen molar-refractivity contribution in [2.45, 2.75) is 19.9 Å². The summed E-state index contributed by atoms with van der Waals surface area (Å²) >= 11 is 5.74. The van der Waals surface area contributed by atoms with Gasteiger partial charge in [-0.05, 0) is 31.6 Å². The topological polar surface area (TPSA) is 78.0 Å². The molecule has 0 N–H and O–H groups in total. The normalized spacial score (nSPS) is 11.3. The minimum absolute atomic E-state index is 0.0617. The van der Waals surface area contributed by atoms with Crippen LogP contribution in [0.5, 0.6) is 0 Å². The van der Waals surface area contributed by atoms with Crippen LogP contribution in [-0.4, -0.2) is 20.5 Å². The molecule has 1 aromatic heterocycles. The largest absolute Gasteiger partial charge is 0.289 e. The number of nitrogens with zero attached hydrogens (tertiary/aromatic N) is 3. The van der Waals surface area contributed by atoms with Crippen molar-refractivity contribution in [1.82, 2.24) is 9.78 Å². The summed E-state index contributed by atoms with van der Waals surface area (Å²) in [7, 11) is 0. The van der Waals surface area contributed by atoms with Gasteiger partial charge in [0.05, 0.1) is 16.7 Å². The van der Waals surface area contributed by atoms with Crippen LogP contribution in [0.15, 0.2) is 36.7 Å². The van der Waals surface area contributed by atoms with Gasteiger partial charge in [-0.1, -0.05) is 23.7 Å². The third-order valence-electron chi connectivity index (χ3n) is 3.01. The van der Waals surface area contributed by atoms with Gasteiger partial charge in [0, 0.05) is 18.3 Å². The first-order valence-corrected chi connectivity index (χ1v) is 6.97. The lowest BCUT2D eigenvalue weighted by atomic mass is 10.1. The number of hydrogen-bond acceptors (Lipinski definition) is 4. The molecule has 0 radical (unpaired) electrons. The molecule has 0 aliphatic rings. The van der Waals surface area contributed by atoms with Gasteiger partial charge in [0.1, 0.15) is 5.02 Å². The molecule has 1 aromatic carbocycles. The number of ketones is 1. The number of hydrogen-bond donors (Lipinski definition) is 0. The molecule has 2 rings (SSSR count). The number of carbonyl (C=O) groups is 1. The Hall–Kier alpha value is -2.47. The van der Waals surface area contributed by atoms with Crippen LogP contribution in [-0.2, 0) is 0 Å². The van der Waals surface area contributed by atoms with E-state index in [2.05, 4.69) is 5.10 Å². The number of nitro groups is 1. The summed E-state index contributed by atoms with van der Waals surface area (Å²) < 4.78 is 1.69. The molecule has 22 heavy (non-hydrogen) atoms. The second-order valence-corrected chi connectivity index (χ2v) is 5.38. The Morgan fingerprint density at radius 3 is 2.77 bits per heavy atom. The van der Waals surface area contributed by atoms with E-state index < -0.39 is 4.92 Å². The van der Waals surface area contributed by atoms with E-state index in [4.69, 9.17) is 11.6 Å². The Kier molecular flexibility index (Phi) is 4.72. The fraction of sp³-hybridized carbons (Fsp3) is 0.200. The molecule has 0 aliphatic carbocycles. The van der Waals surface area contributed by atoms with Gasteiger partial charge in [-0.3, -0.25) is 19.6 Å². The van der Waals surface area contributed by atoms with Crippen LogP contribution < -0.4 is 0 Å². The van der Waals surface area contributed by atoms with Crippen LogP contribution in [0.3, 0.4) is 0 Å². The highest BCUT2D eigenvalue weighted by molar-refractivity contribution is 6.32. The summed E-state index contributed by atoms with van der Waals surface area (Å²) in [5.41, 5.74) is 0.804. The predicted octanol–water partition coefficient (Wildman–Crippen LogP) is 3.92. The zero-order valence-corrected chi connectivity index (χ0v) is 12.8. The van der Waals surface area contributed by atoms with E-state index >= 15 is 0 Å². The maximum Gasteiger partial charge on any atom is 0.288 e. The van der Waals surface area contributed by atoms with Crippen molar-refractivity contribution in [3.63, 3.8) is 0 Å². The Morgan fingerprint density at radius 1 is 1.45 bits per heavy atom. The van der Waals surface area contributed by atoms with E-state index in [0.29, 0.717) is 11.1 Å². The van der Waals surface area contributed by atoms with Gasteiger partial charge in [0.2, 0.25) is 0 Å². The van der Waals surface area contributed by atoms with Crippen molar-refractivity contribution in [2.24, 2.45) is 0 Å². The van der Waals surface area contributed by atoms with Gasteiger partial charge in [-0.2, -0.15) is 5.10 Å². The minimum Gasteiger partial charge on any atom is -0.289 e. The predicted molar refractivity (Wildman–Crippen MR) is 84.1 cm³/mol. The molecule has 0 saturated heterocycles. The molecule has 0 saturated carbocycles. The average Bonchev–Trinajstić information content (AvgIpc) is 2.95. The van der Waals surface area contributed by atoms with Crippen molar-refractivity contribution in [3.8, 4) is 0 Å². The molecule has 6 nitrogen and oxygen atoms in total. The highest BCUT2D eigenvalue weighted by Gasteiger charge is 2.12. The molecule has 0 spiro atoms. The van der Waals surface area contributed by atoms with Crippen molar-refractivity contribution in [2.75, 3.05) is 0 Å². The maximum absolute atomic E-state index is 12.0. The lowest BCUT2D eigenvalue weighted by molar-refractivity contribution is -0.384. The van der Waals surface area contributed by atoms with Crippen LogP contribution in [0.25, 0.3) is 6.08 Å². The Balaban J connectivity index is 2.18. The molecule has 114 valence electrons. The van der Waals surface area contributed by atoms with Crippen molar-refractivity contribution < 1.29 is 9.72 Å². The number of halogens is 1. The Labute approximate surface area is 132 Å². The molecule has 0 aliphatic heterocycles. The van der Waals surface area contributed by atoms with Crippen LogP contribution in [0, 0.1) is 10.1 Å². The molecule has 2 aromatic rings. The molecule has 0 unspecified atom stereocenters. The van der Waals surface area contributed by atoms with Gasteiger partial charge in [0.25, 0.3) is 5.69 Å². The molecule has 0 amide bonds. The van der Waals surface area contributed by atoms with E-state index in [-0.39, 0.29) is 22.5 Å². The first-order valence-electron chi connectivity index (χ1n) is 6.59. The van der Waals surface area contributed by atoms with Gasteiger partial charge in [0.15, 0.2) is 5.78 Å². The van der Waals surface area contributed by atoms with Crippen LogP contribution in [0.2, 0.25) is 5.02 Å². The second kappa shape index (κ2) is 6.53. The minimum atomic E-state index is -0.561. The Morgan fingerprint density at radius 2 is 2.18 bits per heavy atom. The lowest BCUT2D eigenvalue weighted by Gasteiger charge is -2.02. The second-order valence-electron chi connectivity index (χ2n) is 4.97.